The lowest BCUT2D eigenvalue weighted by Gasteiger charge is -2.51. The quantitative estimate of drug-likeness (QED) is 0.199. The fourth-order valence-corrected chi connectivity index (χ4v) is 10.8. The van der Waals surface area contributed by atoms with Crippen LogP contribution >= 0.6 is 0 Å². The molecule has 2 aromatic rings. The average Bonchev–Trinajstić information content (AvgIpc) is 3.14. The van der Waals surface area contributed by atoms with Crippen molar-refractivity contribution in [2.75, 3.05) is 9.80 Å². The number of anilines is 2. The Labute approximate surface area is 290 Å². The molecule has 2 aliphatic heterocycles. The van der Waals surface area contributed by atoms with Gasteiger partial charge in [0.2, 0.25) is 0 Å². The molecule has 2 heterocycles. The summed E-state index contributed by atoms with van der Waals surface area (Å²) in [5.74, 6) is 1.40. The van der Waals surface area contributed by atoms with Crippen molar-refractivity contribution in [2.45, 2.75) is 89.1 Å². The fraction of sp³-hybridized carbons (Fsp3) is 0.465. The second kappa shape index (κ2) is 13.6. The highest BCUT2D eigenvalue weighted by atomic mass is 16.3. The predicted octanol–water partition coefficient (Wildman–Crippen LogP) is 8.67. The number of allylic oxidation sites excluding steroid dienone is 4. The Morgan fingerprint density at radius 1 is 0.571 bits per heavy atom. The zero-order valence-electron chi connectivity index (χ0n) is 28.3. The number of amides is 2. The van der Waals surface area contributed by atoms with Crippen molar-refractivity contribution in [3.8, 4) is 0 Å². The number of carbonyl (C=O) groups is 3. The lowest BCUT2D eigenvalue weighted by molar-refractivity contribution is -0.131. The Morgan fingerprint density at radius 2 is 1.10 bits per heavy atom. The number of ketones is 1. The summed E-state index contributed by atoms with van der Waals surface area (Å²) in [6, 6.07) is 19.5. The van der Waals surface area contributed by atoms with Gasteiger partial charge in [0.25, 0.3) is 11.8 Å². The van der Waals surface area contributed by atoms with Gasteiger partial charge in [-0.2, -0.15) is 0 Å². The molecule has 8 unspecified atom stereocenters. The second-order valence-corrected chi connectivity index (χ2v) is 15.3. The third kappa shape index (κ3) is 5.71. The summed E-state index contributed by atoms with van der Waals surface area (Å²) in [6.45, 7) is 0. The average molecular weight is 657 g/mol. The minimum Gasteiger partial charge on any atom is -0.511 e. The minimum atomic E-state index is -0.230. The lowest BCUT2D eigenvalue weighted by atomic mass is 9.60. The molecule has 0 spiro atoms. The first-order chi connectivity index (χ1) is 24.0. The van der Waals surface area contributed by atoms with Crippen LogP contribution in [-0.4, -0.2) is 34.8 Å². The summed E-state index contributed by atoms with van der Waals surface area (Å²) in [6.07, 6.45) is 21.9. The molecule has 1 saturated heterocycles. The number of nitrogens with zero attached hydrogens (tertiary/aromatic N) is 2. The topological polar surface area (TPSA) is 77.9 Å². The number of Topliss-reactive ketones (excluding diaryl/α,β-unsaturated/α-hetero) is 1. The van der Waals surface area contributed by atoms with Gasteiger partial charge in [-0.15, -0.1) is 0 Å². The summed E-state index contributed by atoms with van der Waals surface area (Å²) >= 11 is 0. The first-order valence-electron chi connectivity index (χ1n) is 18.8. The Morgan fingerprint density at radius 3 is 1.71 bits per heavy atom. The van der Waals surface area contributed by atoms with Crippen LogP contribution in [-0.2, 0) is 14.4 Å². The van der Waals surface area contributed by atoms with E-state index < -0.39 is 0 Å². The van der Waals surface area contributed by atoms with Crippen LogP contribution in [0.1, 0.15) is 77.0 Å². The smallest absolute Gasteiger partial charge is 0.262 e. The van der Waals surface area contributed by atoms with Crippen molar-refractivity contribution in [1.29, 1.82) is 0 Å². The molecule has 2 aromatic carbocycles. The van der Waals surface area contributed by atoms with E-state index in [0.717, 1.165) is 56.3 Å². The zero-order chi connectivity index (χ0) is 33.5. The molecule has 5 fully saturated rings. The predicted molar refractivity (Wildman–Crippen MR) is 193 cm³/mol. The molecule has 0 bridgehead atoms. The number of hydrogen-bond acceptors (Lipinski definition) is 4. The molecule has 49 heavy (non-hydrogen) atoms. The molecule has 0 aromatic heterocycles. The third-order valence-electron chi connectivity index (χ3n) is 12.9. The molecule has 4 aliphatic carbocycles. The van der Waals surface area contributed by atoms with E-state index in [9.17, 15) is 19.5 Å². The van der Waals surface area contributed by atoms with E-state index in [1.807, 2.05) is 70.5 Å². The molecule has 254 valence electrons. The monoisotopic (exact) mass is 656 g/mol. The number of hydrogen-bond donors (Lipinski definition) is 1. The van der Waals surface area contributed by atoms with Gasteiger partial charge in [0, 0.05) is 35.3 Å². The van der Waals surface area contributed by atoms with Crippen LogP contribution in [0.5, 0.6) is 0 Å². The number of aliphatic hydroxyl groups excluding tert-OH is 1. The van der Waals surface area contributed by atoms with Gasteiger partial charge in [-0.25, -0.2) is 0 Å². The highest BCUT2D eigenvalue weighted by Crippen LogP contribution is 2.51. The van der Waals surface area contributed by atoms with E-state index in [4.69, 9.17) is 0 Å². The van der Waals surface area contributed by atoms with Crippen LogP contribution in [0.3, 0.4) is 0 Å². The van der Waals surface area contributed by atoms with Crippen LogP contribution in [0.15, 0.2) is 108 Å². The highest BCUT2D eigenvalue weighted by molar-refractivity contribution is 6.27. The van der Waals surface area contributed by atoms with E-state index in [0.29, 0.717) is 29.2 Å². The molecular weight excluding hydrogens is 608 g/mol. The molecule has 6 nitrogen and oxygen atoms in total. The van der Waals surface area contributed by atoms with Crippen molar-refractivity contribution < 1.29 is 19.5 Å². The van der Waals surface area contributed by atoms with Gasteiger partial charge in [-0.3, -0.25) is 14.4 Å². The molecular formula is C43H48N2O4. The van der Waals surface area contributed by atoms with Crippen molar-refractivity contribution in [1.82, 2.24) is 0 Å². The number of para-hydroxylation sites is 2. The summed E-state index contributed by atoms with van der Waals surface area (Å²) in [5.41, 5.74) is 2.29. The van der Waals surface area contributed by atoms with E-state index >= 15 is 0 Å². The second-order valence-electron chi connectivity index (χ2n) is 15.3. The van der Waals surface area contributed by atoms with Gasteiger partial charge in [-0.1, -0.05) is 93.2 Å². The van der Waals surface area contributed by atoms with Gasteiger partial charge in [0.05, 0.1) is 11.1 Å². The SMILES string of the molecule is O=C1/C(=C/C=CC=CC2=C(O)C3C4CCCCC4CCC3N(c3ccccc3)C2=O)C(=O)N(c2ccccc2)C2CCC3CCCCC3C12. The molecule has 8 rings (SSSR count). The maximum absolute atomic E-state index is 14.2. The zero-order valence-corrected chi connectivity index (χ0v) is 28.3. The largest absolute Gasteiger partial charge is 0.511 e. The van der Waals surface area contributed by atoms with Crippen LogP contribution in [0.25, 0.3) is 0 Å². The maximum atomic E-state index is 14.2. The molecule has 1 N–H and O–H groups in total. The Balaban J connectivity index is 1.10. The molecule has 2 amide bonds. The molecule has 4 saturated carbocycles. The number of benzene rings is 2. The standard InChI is InChI=1S/C43H48N2O4/c46-40-34(42(48)44(30-16-4-1-5-17-30)36-26-24-28-14-10-12-20-32(28)38(36)40)22-8-3-9-23-35-41(47)39-33-21-13-11-15-29(33)25-27-37(39)45(43(35)49)31-18-6-2-7-19-31/h1-9,16-19,22-23,28-29,32-33,36-39,46H,10-15,20-21,24-27H2/b9-3?,22-8?,35-23-. The fourth-order valence-electron chi connectivity index (χ4n) is 10.8. The Bertz CT molecular complexity index is 1710. The summed E-state index contributed by atoms with van der Waals surface area (Å²) in [5, 5.41) is 11.8. The Hall–Kier alpha value is -4.19. The number of rotatable bonds is 5. The van der Waals surface area contributed by atoms with Crippen molar-refractivity contribution in [2.24, 2.45) is 35.5 Å². The highest BCUT2D eigenvalue weighted by Gasteiger charge is 2.53. The molecule has 0 radical (unpaired) electrons. The van der Waals surface area contributed by atoms with E-state index in [1.165, 1.54) is 32.1 Å². The first kappa shape index (κ1) is 32.0. The summed E-state index contributed by atoms with van der Waals surface area (Å²) in [7, 11) is 0. The number of aliphatic hydroxyl groups is 1. The van der Waals surface area contributed by atoms with Crippen molar-refractivity contribution in [3.63, 3.8) is 0 Å². The number of fused-ring (bicyclic) bond motifs is 6. The van der Waals surface area contributed by atoms with Crippen LogP contribution < -0.4 is 9.80 Å². The summed E-state index contributed by atoms with van der Waals surface area (Å²) in [4.78, 5) is 46.1. The van der Waals surface area contributed by atoms with Crippen molar-refractivity contribution in [3.05, 3.63) is 108 Å². The first-order valence-corrected chi connectivity index (χ1v) is 18.8. The van der Waals surface area contributed by atoms with E-state index in [2.05, 4.69) is 0 Å². The van der Waals surface area contributed by atoms with Crippen LogP contribution in [0.2, 0.25) is 0 Å². The normalized spacial score (nSPS) is 34.3. The molecule has 8 atom stereocenters. The maximum Gasteiger partial charge on any atom is 0.262 e. The lowest BCUT2D eigenvalue weighted by Crippen LogP contribution is -2.59. The minimum absolute atomic E-state index is 0.0147. The third-order valence-corrected chi connectivity index (χ3v) is 12.9. The molecule has 6 heteroatoms. The van der Waals surface area contributed by atoms with Crippen LogP contribution in [0.4, 0.5) is 11.4 Å². The van der Waals surface area contributed by atoms with Gasteiger partial charge in [0.1, 0.15) is 5.76 Å². The van der Waals surface area contributed by atoms with Gasteiger partial charge < -0.3 is 14.9 Å². The van der Waals surface area contributed by atoms with Crippen LogP contribution in [0, 0.1) is 35.5 Å². The van der Waals surface area contributed by atoms with Gasteiger partial charge >= 0.3 is 0 Å². The number of carbonyl (C=O) groups excluding carboxylic acids is 3. The van der Waals surface area contributed by atoms with E-state index in [1.54, 1.807) is 30.4 Å². The van der Waals surface area contributed by atoms with Crippen molar-refractivity contribution >= 4 is 29.0 Å². The Kier molecular flexibility index (Phi) is 8.90. The summed E-state index contributed by atoms with van der Waals surface area (Å²) < 4.78 is 0. The number of piperidine rings is 1. The molecule has 6 aliphatic rings. The van der Waals surface area contributed by atoms with E-state index in [-0.39, 0.29) is 52.8 Å². The van der Waals surface area contributed by atoms with Gasteiger partial charge in [-0.05, 0) is 98.6 Å². The van der Waals surface area contributed by atoms with Gasteiger partial charge in [0.15, 0.2) is 5.78 Å².